The number of aliphatic hydroxyl groups excluding tert-OH is 18. The molecule has 23 N–H and O–H groups in total. The van der Waals surface area contributed by atoms with Crippen LogP contribution in [0.3, 0.4) is 0 Å². The molecule has 5 heterocycles. The highest BCUT2D eigenvalue weighted by Crippen LogP contribution is 2.39. The molecule has 0 unspecified atom stereocenters. The highest BCUT2D eigenvalue weighted by atomic mass is 16.8. The van der Waals surface area contributed by atoms with Crippen LogP contribution in [0.25, 0.3) is 0 Å². The highest BCUT2D eigenvalue weighted by molar-refractivity contribution is 5.77. The van der Waals surface area contributed by atoms with E-state index in [1.165, 1.54) is 0 Å². The smallest absolute Gasteiger partial charge is 0.364 e. The molecule has 38 heteroatoms. The van der Waals surface area contributed by atoms with Crippen LogP contribution >= 0.6 is 0 Å². The first-order valence-electron chi connectivity index (χ1n) is 26.6. The molecule has 5 rings (SSSR count). The van der Waals surface area contributed by atoms with Crippen molar-refractivity contribution in [3.63, 3.8) is 0 Å². The van der Waals surface area contributed by atoms with Gasteiger partial charge in [0.25, 0.3) is 5.79 Å². The number of hydrogen-bond donors (Lipinski definition) is 23. The van der Waals surface area contributed by atoms with Crippen molar-refractivity contribution >= 4 is 29.6 Å². The first-order valence-corrected chi connectivity index (χ1v) is 26.6. The third-order valence-corrected chi connectivity index (χ3v) is 14.6. The number of nitrogens with one attached hydrogen (secondary N) is 4. The fraction of sp³-hybridized carbons (Fsp3) is 0.894. The molecule has 0 radical (unpaired) electrons. The minimum atomic E-state index is -3.22. The number of carbonyl (C=O) groups is 5. The first-order chi connectivity index (χ1) is 39.9. The van der Waals surface area contributed by atoms with Gasteiger partial charge in [0.1, 0.15) is 134 Å². The molecule has 0 aliphatic carbocycles. The molecule has 0 bridgehead atoms. The lowest BCUT2D eigenvalue weighted by Crippen LogP contribution is -2.71. The van der Waals surface area contributed by atoms with Crippen molar-refractivity contribution in [1.82, 2.24) is 21.3 Å². The van der Waals surface area contributed by atoms with Gasteiger partial charge in [0.15, 0.2) is 25.2 Å². The van der Waals surface area contributed by atoms with E-state index in [-0.39, 0.29) is 0 Å². The summed E-state index contributed by atoms with van der Waals surface area (Å²) in [6, 6.07) is -7.06. The number of aliphatic carboxylic acids is 1. The summed E-state index contributed by atoms with van der Waals surface area (Å²) in [5, 5.41) is 214. The van der Waals surface area contributed by atoms with Crippen molar-refractivity contribution in [2.45, 2.75) is 217 Å². The van der Waals surface area contributed by atoms with Gasteiger partial charge in [-0.3, -0.25) is 19.2 Å². The van der Waals surface area contributed by atoms with E-state index in [0.717, 1.165) is 27.7 Å². The molecule has 0 aromatic rings. The number of carboxylic acid groups (broad SMARTS) is 1. The maximum absolute atomic E-state index is 13.1. The van der Waals surface area contributed by atoms with Gasteiger partial charge in [0, 0.05) is 34.1 Å². The SMILES string of the molecule is CC(=O)N[C@H]1[C@H](OC[C@H]2O[C@H](O[C@@H]([C@@H](O)[C@H](O)CO)[C@H](CO)NC(C)=O)[C@H](NC(C)=O)[C@@H](O[C@@H]3O[C@H](CO)[C@H](O)[C@H](O)[C@H]3O)[C@H]2O)O[C@H](CO)[C@@H](O[C@@H]2O[C@H](CO)[C@H](O)[C@H](O[C@]3(C(=O)O)C[C@H](O)[C@@H](NC(C)=O)[C@H]([C@H](O)[C@H](O)CO)O3)[C@H]2O)[C@@H]1O. The molecular weight excluding hydrogens is 1160 g/mol. The molecule has 5 fully saturated rings. The van der Waals surface area contributed by atoms with Crippen LogP contribution in [0.5, 0.6) is 0 Å². The second-order valence-corrected chi connectivity index (χ2v) is 20.9. The summed E-state index contributed by atoms with van der Waals surface area (Å²) < 4.78 is 58.3. The molecule has 85 heavy (non-hydrogen) atoms. The van der Waals surface area contributed by atoms with Crippen molar-refractivity contribution in [2.75, 3.05) is 46.2 Å². The van der Waals surface area contributed by atoms with E-state index in [0.29, 0.717) is 0 Å². The van der Waals surface area contributed by atoms with E-state index in [9.17, 15) is 121 Å². The van der Waals surface area contributed by atoms with Gasteiger partial charge < -0.3 is 166 Å². The Morgan fingerprint density at radius 1 is 0.529 bits per heavy atom. The second kappa shape index (κ2) is 31.6. The fourth-order valence-corrected chi connectivity index (χ4v) is 10.3. The Balaban J connectivity index is 1.48. The third-order valence-electron chi connectivity index (χ3n) is 14.6. The van der Waals surface area contributed by atoms with E-state index >= 15 is 0 Å². The maximum Gasteiger partial charge on any atom is 0.364 e. The molecule has 0 aromatic carbocycles. The Labute approximate surface area is 482 Å². The van der Waals surface area contributed by atoms with Crippen LogP contribution in [0.1, 0.15) is 34.1 Å². The van der Waals surface area contributed by atoms with Gasteiger partial charge in [-0.1, -0.05) is 0 Å². The van der Waals surface area contributed by atoms with E-state index < -0.39 is 266 Å². The predicted octanol–water partition coefficient (Wildman–Crippen LogP) is -14.7. The molecule has 5 saturated heterocycles. The van der Waals surface area contributed by atoms with E-state index in [4.69, 9.17) is 47.4 Å². The molecule has 5 aliphatic rings. The number of hydrogen-bond acceptors (Lipinski definition) is 33. The zero-order chi connectivity index (χ0) is 63.7. The topological polar surface area (TPSA) is 610 Å². The van der Waals surface area contributed by atoms with Crippen LogP contribution < -0.4 is 21.3 Å². The minimum absolute atomic E-state index is 0.827. The lowest BCUT2D eigenvalue weighted by Gasteiger charge is -2.51. The Morgan fingerprint density at radius 3 is 1.56 bits per heavy atom. The van der Waals surface area contributed by atoms with Gasteiger partial charge in [-0.05, 0) is 0 Å². The number of aliphatic hydroxyl groups is 18. The van der Waals surface area contributed by atoms with Crippen LogP contribution in [0.2, 0.25) is 0 Å². The number of rotatable bonds is 27. The van der Waals surface area contributed by atoms with Gasteiger partial charge in [0.2, 0.25) is 23.6 Å². The number of carbonyl (C=O) groups excluding carboxylic acids is 4. The third kappa shape index (κ3) is 16.9. The van der Waals surface area contributed by atoms with Crippen molar-refractivity contribution < 1.29 is 168 Å². The lowest BCUT2D eigenvalue weighted by molar-refractivity contribution is -0.384. The lowest BCUT2D eigenvalue weighted by atomic mass is 9.88. The van der Waals surface area contributed by atoms with Gasteiger partial charge >= 0.3 is 5.97 Å². The average Bonchev–Trinajstić information content (AvgIpc) is 1.94. The average molecular weight is 1250 g/mol. The quantitative estimate of drug-likeness (QED) is 0.0363. The van der Waals surface area contributed by atoms with Gasteiger partial charge in [0.05, 0.1) is 64.4 Å². The summed E-state index contributed by atoms with van der Waals surface area (Å²) in [6.45, 7) is -3.72. The van der Waals surface area contributed by atoms with Crippen molar-refractivity contribution in [2.24, 2.45) is 0 Å². The summed E-state index contributed by atoms with van der Waals surface area (Å²) in [7, 11) is 0. The number of amides is 4. The fourth-order valence-electron chi connectivity index (χ4n) is 10.3. The molecule has 0 saturated carbocycles. The van der Waals surface area contributed by atoms with Gasteiger partial charge in [-0.25, -0.2) is 4.79 Å². The predicted molar refractivity (Wildman–Crippen MR) is 265 cm³/mol. The van der Waals surface area contributed by atoms with E-state index in [2.05, 4.69) is 21.3 Å². The summed E-state index contributed by atoms with van der Waals surface area (Å²) in [6.07, 6.45) is -53.1. The van der Waals surface area contributed by atoms with Gasteiger partial charge in [-0.2, -0.15) is 0 Å². The molecule has 38 nitrogen and oxygen atoms in total. The maximum atomic E-state index is 13.1. The summed E-state index contributed by atoms with van der Waals surface area (Å²) >= 11 is 0. The Hall–Kier alpha value is -3.77. The summed E-state index contributed by atoms with van der Waals surface area (Å²) in [5.41, 5.74) is 0. The zero-order valence-corrected chi connectivity index (χ0v) is 46.0. The molecular formula is C47H80N4O34. The minimum Gasteiger partial charge on any atom is -0.477 e. The van der Waals surface area contributed by atoms with Crippen molar-refractivity contribution in [1.29, 1.82) is 0 Å². The molecule has 5 aliphatic heterocycles. The highest BCUT2D eigenvalue weighted by Gasteiger charge is 2.61. The number of carboxylic acids is 1. The monoisotopic (exact) mass is 1240 g/mol. The van der Waals surface area contributed by atoms with Crippen LogP contribution in [-0.4, -0.2) is 356 Å². The Bertz CT molecular complexity index is 2160. The summed E-state index contributed by atoms with van der Waals surface area (Å²) in [4.78, 5) is 63.0. The zero-order valence-electron chi connectivity index (χ0n) is 46.0. The molecule has 0 aromatic heterocycles. The normalized spacial score (nSPS) is 41.0. The van der Waals surface area contributed by atoms with Crippen molar-refractivity contribution in [3.8, 4) is 0 Å². The van der Waals surface area contributed by atoms with Crippen LogP contribution in [0.15, 0.2) is 0 Å². The van der Waals surface area contributed by atoms with Crippen LogP contribution in [0, 0.1) is 0 Å². The van der Waals surface area contributed by atoms with Crippen molar-refractivity contribution in [3.05, 3.63) is 0 Å². The largest absolute Gasteiger partial charge is 0.477 e. The van der Waals surface area contributed by atoms with Gasteiger partial charge in [-0.15, -0.1) is 0 Å². The molecule has 492 valence electrons. The Kier molecular flexibility index (Phi) is 26.8. The summed E-state index contributed by atoms with van der Waals surface area (Å²) in [5.74, 6) is -8.81. The molecule has 4 amide bonds. The van der Waals surface area contributed by atoms with Crippen LogP contribution in [-0.2, 0) is 71.3 Å². The second-order valence-electron chi connectivity index (χ2n) is 20.9. The van der Waals surface area contributed by atoms with Crippen LogP contribution in [0.4, 0.5) is 0 Å². The molecule has 30 atom stereocenters. The standard InChI is InChI=1S/C47H80N4O34/c1-13(58)48-17(6-52)37(28(65)19(63)7-53)81-43-27(51-16(4)61)39(83-44-35(72)34(71)30(67)21(9-55)77-44)32(69)24(80-43)12-76-42-26(50-15(3)60)33(70)38(23(11-57)79-42)82-45-36(73)41(31(68)22(10-56)78-45)85-47(46(74)75)5-18(62)25(49-14(2)59)40(84-47)29(66)20(64)8-54/h17-45,52-57,62-73H,5-12H2,1-4H3,(H,48,58)(H,49,59)(H,50,60)(H,51,61)(H,74,75)/t17-,18-,19+,20+,21+,22+,23+,24+,25+,26+,27+,28-,29+,30-,31-,32-,33+,34-,35+,36+,37+,38+,39+,40+,41-,42+,43+,44-,45-,47-/m0/s1. The first kappa shape index (κ1) is 72.0. The molecule has 0 spiro atoms. The Morgan fingerprint density at radius 2 is 1.04 bits per heavy atom. The van der Waals surface area contributed by atoms with E-state index in [1.54, 1.807) is 0 Å². The van der Waals surface area contributed by atoms with E-state index in [1.807, 2.05) is 0 Å². The number of ether oxygens (including phenoxy) is 10.